The zero-order chi connectivity index (χ0) is 10.5. The Bertz CT molecular complexity index is 204. The Morgan fingerprint density at radius 2 is 1.67 bits per heavy atom. The summed E-state index contributed by atoms with van der Waals surface area (Å²) in [6, 6.07) is 0.129. The number of carbonyl (C=O) groups is 1. The second-order valence-electron chi connectivity index (χ2n) is 4.74. The first-order valence-electron chi connectivity index (χ1n) is 6.40. The standard InChI is InChI=1S/C12H22N2O/c15-12(11-7-6-8-13-11)14-9-4-2-1-3-5-10-14/h11,13H,1-10H2. The van der Waals surface area contributed by atoms with Gasteiger partial charge in [0, 0.05) is 13.1 Å². The highest BCUT2D eigenvalue weighted by molar-refractivity contribution is 5.82. The highest BCUT2D eigenvalue weighted by Gasteiger charge is 2.26. The van der Waals surface area contributed by atoms with Crippen LogP contribution in [0.15, 0.2) is 0 Å². The summed E-state index contributed by atoms with van der Waals surface area (Å²) in [6.07, 6.45) is 8.52. The molecule has 86 valence electrons. The molecule has 3 heteroatoms. The highest BCUT2D eigenvalue weighted by Crippen LogP contribution is 2.14. The molecule has 1 N–H and O–H groups in total. The molecule has 0 spiro atoms. The van der Waals surface area contributed by atoms with Crippen molar-refractivity contribution < 1.29 is 4.79 Å². The van der Waals surface area contributed by atoms with Crippen molar-refractivity contribution in [2.75, 3.05) is 19.6 Å². The summed E-state index contributed by atoms with van der Waals surface area (Å²) >= 11 is 0. The van der Waals surface area contributed by atoms with E-state index in [9.17, 15) is 4.79 Å². The van der Waals surface area contributed by atoms with Crippen molar-refractivity contribution in [1.29, 1.82) is 0 Å². The van der Waals surface area contributed by atoms with Crippen LogP contribution >= 0.6 is 0 Å². The van der Waals surface area contributed by atoms with Crippen LogP contribution < -0.4 is 5.32 Å². The molecule has 0 radical (unpaired) electrons. The lowest BCUT2D eigenvalue weighted by Gasteiger charge is -2.27. The van der Waals surface area contributed by atoms with E-state index >= 15 is 0 Å². The Balaban J connectivity index is 1.85. The molecule has 0 aliphatic carbocycles. The molecule has 2 aliphatic rings. The van der Waals surface area contributed by atoms with Gasteiger partial charge in [-0.1, -0.05) is 19.3 Å². The van der Waals surface area contributed by atoms with Crippen LogP contribution in [-0.4, -0.2) is 36.5 Å². The van der Waals surface area contributed by atoms with Crippen LogP contribution in [0.5, 0.6) is 0 Å². The topological polar surface area (TPSA) is 32.3 Å². The van der Waals surface area contributed by atoms with Gasteiger partial charge in [0.15, 0.2) is 0 Å². The summed E-state index contributed by atoms with van der Waals surface area (Å²) in [5.74, 6) is 0.356. The second kappa shape index (κ2) is 5.50. The molecule has 0 aromatic rings. The monoisotopic (exact) mass is 210 g/mol. The fourth-order valence-corrected chi connectivity index (χ4v) is 2.58. The molecule has 1 unspecified atom stereocenters. The minimum Gasteiger partial charge on any atom is -0.341 e. The quantitative estimate of drug-likeness (QED) is 0.712. The third-order valence-electron chi connectivity index (χ3n) is 3.53. The second-order valence-corrected chi connectivity index (χ2v) is 4.74. The van der Waals surface area contributed by atoms with Crippen LogP contribution in [-0.2, 0) is 4.79 Å². The van der Waals surface area contributed by atoms with Gasteiger partial charge in [-0.15, -0.1) is 0 Å². The van der Waals surface area contributed by atoms with Crippen LogP contribution in [0.4, 0.5) is 0 Å². The predicted molar refractivity (Wildman–Crippen MR) is 60.7 cm³/mol. The van der Waals surface area contributed by atoms with Gasteiger partial charge in [-0.05, 0) is 32.2 Å². The molecule has 2 rings (SSSR count). The molecule has 1 atom stereocenters. The highest BCUT2D eigenvalue weighted by atomic mass is 16.2. The number of likely N-dealkylation sites (tertiary alicyclic amines) is 1. The van der Waals surface area contributed by atoms with E-state index in [1.807, 2.05) is 0 Å². The summed E-state index contributed by atoms with van der Waals surface area (Å²) in [4.78, 5) is 14.2. The summed E-state index contributed by atoms with van der Waals surface area (Å²) < 4.78 is 0. The average Bonchev–Trinajstić information content (AvgIpc) is 2.68. The summed E-state index contributed by atoms with van der Waals surface area (Å²) in [6.45, 7) is 2.98. The van der Waals surface area contributed by atoms with Gasteiger partial charge in [-0.25, -0.2) is 0 Å². The van der Waals surface area contributed by atoms with Crippen molar-refractivity contribution in [2.45, 2.75) is 51.0 Å². The van der Waals surface area contributed by atoms with Gasteiger partial charge in [-0.2, -0.15) is 0 Å². The lowest BCUT2D eigenvalue weighted by molar-refractivity contribution is -0.133. The Hall–Kier alpha value is -0.570. The molecule has 2 heterocycles. The van der Waals surface area contributed by atoms with Gasteiger partial charge in [0.05, 0.1) is 6.04 Å². The lowest BCUT2D eigenvalue weighted by Crippen LogP contribution is -2.44. The zero-order valence-corrected chi connectivity index (χ0v) is 9.50. The molecule has 2 saturated heterocycles. The smallest absolute Gasteiger partial charge is 0.239 e. The zero-order valence-electron chi connectivity index (χ0n) is 9.50. The molecule has 3 nitrogen and oxygen atoms in total. The van der Waals surface area contributed by atoms with E-state index < -0.39 is 0 Å². The van der Waals surface area contributed by atoms with Crippen LogP contribution in [0.1, 0.15) is 44.9 Å². The number of amides is 1. The van der Waals surface area contributed by atoms with Crippen LogP contribution in [0.3, 0.4) is 0 Å². The maximum Gasteiger partial charge on any atom is 0.239 e. The summed E-state index contributed by atoms with van der Waals surface area (Å²) in [5.41, 5.74) is 0. The number of carbonyl (C=O) groups excluding carboxylic acids is 1. The van der Waals surface area contributed by atoms with Crippen molar-refractivity contribution in [3.8, 4) is 0 Å². The number of rotatable bonds is 1. The molecular weight excluding hydrogens is 188 g/mol. The molecular formula is C12H22N2O. The lowest BCUT2D eigenvalue weighted by atomic mass is 10.1. The molecule has 0 aromatic carbocycles. The third-order valence-corrected chi connectivity index (χ3v) is 3.53. The molecule has 15 heavy (non-hydrogen) atoms. The molecule has 2 aliphatic heterocycles. The molecule has 2 fully saturated rings. The number of hydrogen-bond acceptors (Lipinski definition) is 2. The number of nitrogens with one attached hydrogen (secondary N) is 1. The normalized spacial score (nSPS) is 28.5. The number of hydrogen-bond donors (Lipinski definition) is 1. The van der Waals surface area contributed by atoms with E-state index in [-0.39, 0.29) is 6.04 Å². The third kappa shape index (κ3) is 2.94. The van der Waals surface area contributed by atoms with Gasteiger partial charge in [0.25, 0.3) is 0 Å². The minimum absolute atomic E-state index is 0.129. The Morgan fingerprint density at radius 3 is 2.27 bits per heavy atom. The van der Waals surface area contributed by atoms with Crippen molar-refractivity contribution >= 4 is 5.91 Å². The van der Waals surface area contributed by atoms with Gasteiger partial charge in [0.1, 0.15) is 0 Å². The fourth-order valence-electron chi connectivity index (χ4n) is 2.58. The molecule has 1 amide bonds. The predicted octanol–water partition coefficient (Wildman–Crippen LogP) is 1.53. The van der Waals surface area contributed by atoms with E-state index in [2.05, 4.69) is 10.2 Å². The first kappa shape index (κ1) is 10.9. The average molecular weight is 210 g/mol. The van der Waals surface area contributed by atoms with Crippen molar-refractivity contribution in [3.63, 3.8) is 0 Å². The molecule has 0 bridgehead atoms. The Labute approximate surface area is 92.2 Å². The van der Waals surface area contributed by atoms with E-state index in [1.165, 1.54) is 32.1 Å². The first-order chi connectivity index (χ1) is 7.38. The first-order valence-corrected chi connectivity index (χ1v) is 6.40. The summed E-state index contributed by atoms with van der Waals surface area (Å²) in [7, 11) is 0. The van der Waals surface area contributed by atoms with E-state index in [0.29, 0.717) is 5.91 Å². The SMILES string of the molecule is O=C(C1CCCN1)N1CCCCCCC1. The Morgan fingerprint density at radius 1 is 1.00 bits per heavy atom. The van der Waals surface area contributed by atoms with Crippen molar-refractivity contribution in [1.82, 2.24) is 10.2 Å². The van der Waals surface area contributed by atoms with E-state index in [0.717, 1.165) is 32.5 Å². The van der Waals surface area contributed by atoms with Gasteiger partial charge in [-0.3, -0.25) is 4.79 Å². The Kier molecular flexibility index (Phi) is 4.01. The van der Waals surface area contributed by atoms with Crippen LogP contribution in [0, 0.1) is 0 Å². The molecule has 0 aromatic heterocycles. The summed E-state index contributed by atoms with van der Waals surface area (Å²) in [5, 5.41) is 3.30. The van der Waals surface area contributed by atoms with Gasteiger partial charge >= 0.3 is 0 Å². The van der Waals surface area contributed by atoms with Crippen molar-refractivity contribution in [3.05, 3.63) is 0 Å². The maximum absolute atomic E-state index is 12.1. The van der Waals surface area contributed by atoms with Gasteiger partial charge < -0.3 is 10.2 Å². The maximum atomic E-state index is 12.1. The molecule has 0 saturated carbocycles. The van der Waals surface area contributed by atoms with Gasteiger partial charge in [0.2, 0.25) is 5.91 Å². The van der Waals surface area contributed by atoms with Crippen molar-refractivity contribution in [2.24, 2.45) is 0 Å². The fraction of sp³-hybridized carbons (Fsp3) is 0.917. The largest absolute Gasteiger partial charge is 0.341 e. The minimum atomic E-state index is 0.129. The van der Waals surface area contributed by atoms with E-state index in [4.69, 9.17) is 0 Å². The van der Waals surface area contributed by atoms with Crippen LogP contribution in [0.25, 0.3) is 0 Å². The number of nitrogens with zero attached hydrogens (tertiary/aromatic N) is 1. The van der Waals surface area contributed by atoms with Crippen LogP contribution in [0.2, 0.25) is 0 Å². The van der Waals surface area contributed by atoms with E-state index in [1.54, 1.807) is 0 Å².